The summed E-state index contributed by atoms with van der Waals surface area (Å²) in [5, 5.41) is 1.55. The van der Waals surface area contributed by atoms with Gasteiger partial charge in [-0.25, -0.2) is 13.6 Å². The van der Waals surface area contributed by atoms with Crippen molar-refractivity contribution in [3.63, 3.8) is 0 Å². The largest absolute Gasteiger partial charge is 0.464 e. The SMILES string of the molecule is CCCCCCCc1cc(=O)n2c(C(=O)OC)csc2c1-c1ccc(F)c(F)c1. The van der Waals surface area contributed by atoms with Gasteiger partial charge in [0.25, 0.3) is 5.56 Å². The predicted octanol–water partition coefficient (Wildman–Crippen LogP) is 5.61. The zero-order chi connectivity index (χ0) is 21.0. The first kappa shape index (κ1) is 21.2. The first-order valence-corrected chi connectivity index (χ1v) is 10.6. The van der Waals surface area contributed by atoms with Gasteiger partial charge in [-0.15, -0.1) is 11.3 Å². The lowest BCUT2D eigenvalue weighted by Crippen LogP contribution is -2.19. The molecular weight excluding hydrogens is 396 g/mol. The van der Waals surface area contributed by atoms with Gasteiger partial charge in [-0.3, -0.25) is 9.20 Å². The second kappa shape index (κ2) is 9.31. The lowest BCUT2D eigenvalue weighted by atomic mass is 9.97. The summed E-state index contributed by atoms with van der Waals surface area (Å²) in [7, 11) is 1.25. The summed E-state index contributed by atoms with van der Waals surface area (Å²) in [6.07, 6.45) is 5.98. The summed E-state index contributed by atoms with van der Waals surface area (Å²) in [6, 6.07) is 5.19. The van der Waals surface area contributed by atoms with Crippen molar-refractivity contribution in [2.45, 2.75) is 45.4 Å². The van der Waals surface area contributed by atoms with Crippen LogP contribution in [0.2, 0.25) is 0 Å². The molecule has 0 atom stereocenters. The Hall–Kier alpha value is -2.54. The standard InChI is InChI=1S/C22H23F2NO3S/c1-3-4-5-6-7-8-14-12-19(26)25-18(22(27)28-2)13-29-21(25)20(14)15-9-10-16(23)17(24)11-15/h9-13H,3-8H2,1-2H3. The fourth-order valence-electron chi connectivity index (χ4n) is 3.46. The smallest absolute Gasteiger partial charge is 0.356 e. The van der Waals surface area contributed by atoms with Crippen LogP contribution in [0.25, 0.3) is 16.0 Å². The van der Waals surface area contributed by atoms with E-state index in [0.717, 1.165) is 49.8 Å². The Kier molecular flexibility index (Phi) is 6.79. The second-order valence-electron chi connectivity index (χ2n) is 6.93. The average Bonchev–Trinajstić information content (AvgIpc) is 3.15. The molecule has 0 fully saturated rings. The Balaban J connectivity index is 2.14. The third-order valence-electron chi connectivity index (χ3n) is 4.93. The van der Waals surface area contributed by atoms with E-state index >= 15 is 0 Å². The highest BCUT2D eigenvalue weighted by atomic mass is 32.1. The molecule has 2 heterocycles. The van der Waals surface area contributed by atoms with Gasteiger partial charge in [0, 0.05) is 17.0 Å². The molecular formula is C22H23F2NO3S. The van der Waals surface area contributed by atoms with Crippen molar-refractivity contribution in [2.24, 2.45) is 0 Å². The Morgan fingerprint density at radius 1 is 1.10 bits per heavy atom. The van der Waals surface area contributed by atoms with Gasteiger partial charge in [-0.05, 0) is 36.1 Å². The van der Waals surface area contributed by atoms with E-state index in [9.17, 15) is 18.4 Å². The molecule has 3 rings (SSSR count). The number of benzene rings is 1. The van der Waals surface area contributed by atoms with Crippen LogP contribution in [0.15, 0.2) is 34.4 Å². The maximum atomic E-state index is 13.9. The Labute approximate surface area is 171 Å². The van der Waals surface area contributed by atoms with Gasteiger partial charge in [0.15, 0.2) is 11.6 Å². The second-order valence-corrected chi connectivity index (χ2v) is 7.79. The number of nitrogens with zero attached hydrogens (tertiary/aromatic N) is 1. The van der Waals surface area contributed by atoms with Gasteiger partial charge < -0.3 is 4.74 Å². The molecule has 0 spiro atoms. The third-order valence-corrected chi connectivity index (χ3v) is 5.88. The van der Waals surface area contributed by atoms with Crippen LogP contribution in [-0.2, 0) is 11.2 Å². The maximum absolute atomic E-state index is 13.9. The molecule has 0 N–H and O–H groups in total. The summed E-state index contributed by atoms with van der Waals surface area (Å²) in [5.41, 5.74) is 1.69. The number of hydrogen-bond acceptors (Lipinski definition) is 4. The number of ether oxygens (including phenoxy) is 1. The third kappa shape index (κ3) is 4.40. The first-order valence-electron chi connectivity index (χ1n) is 9.67. The van der Waals surface area contributed by atoms with Crippen molar-refractivity contribution < 1.29 is 18.3 Å². The molecule has 0 unspecified atom stereocenters. The Morgan fingerprint density at radius 2 is 1.86 bits per heavy atom. The molecule has 0 saturated heterocycles. The van der Waals surface area contributed by atoms with Crippen LogP contribution in [0.1, 0.15) is 55.1 Å². The van der Waals surface area contributed by atoms with Gasteiger partial charge in [0.1, 0.15) is 10.5 Å². The lowest BCUT2D eigenvalue weighted by Gasteiger charge is -2.13. The van der Waals surface area contributed by atoms with Crippen molar-refractivity contribution in [3.8, 4) is 11.1 Å². The number of unbranched alkanes of at least 4 members (excludes halogenated alkanes) is 4. The van der Waals surface area contributed by atoms with E-state index in [1.54, 1.807) is 5.38 Å². The summed E-state index contributed by atoms with van der Waals surface area (Å²) >= 11 is 1.21. The van der Waals surface area contributed by atoms with Crippen molar-refractivity contribution in [3.05, 3.63) is 62.9 Å². The lowest BCUT2D eigenvalue weighted by molar-refractivity contribution is 0.0593. The van der Waals surface area contributed by atoms with E-state index < -0.39 is 17.6 Å². The average molecular weight is 419 g/mol. The zero-order valence-electron chi connectivity index (χ0n) is 16.5. The number of rotatable bonds is 8. The molecule has 7 heteroatoms. The van der Waals surface area contributed by atoms with Gasteiger partial charge >= 0.3 is 5.97 Å². The number of thiazole rings is 1. The molecule has 0 bridgehead atoms. The summed E-state index contributed by atoms with van der Waals surface area (Å²) in [5.74, 6) is -2.51. The number of pyridine rings is 1. The number of carbonyl (C=O) groups excluding carboxylic acids is 1. The molecule has 0 aliphatic rings. The first-order chi connectivity index (χ1) is 14.0. The summed E-state index contributed by atoms with van der Waals surface area (Å²) < 4.78 is 33.5. The molecule has 4 nitrogen and oxygen atoms in total. The molecule has 0 saturated carbocycles. The number of aromatic nitrogens is 1. The van der Waals surface area contributed by atoms with Crippen molar-refractivity contribution >= 4 is 22.1 Å². The highest BCUT2D eigenvalue weighted by Crippen LogP contribution is 2.33. The van der Waals surface area contributed by atoms with Crippen LogP contribution < -0.4 is 5.56 Å². The number of fused-ring (bicyclic) bond motifs is 1. The molecule has 0 radical (unpaired) electrons. The number of hydrogen-bond donors (Lipinski definition) is 0. The number of methoxy groups -OCH3 is 1. The number of carbonyl (C=O) groups is 1. The molecule has 0 aliphatic heterocycles. The van der Waals surface area contributed by atoms with Crippen molar-refractivity contribution in [2.75, 3.05) is 7.11 Å². The van der Waals surface area contributed by atoms with Gasteiger partial charge in [0.05, 0.1) is 7.11 Å². The van der Waals surface area contributed by atoms with E-state index in [1.165, 1.54) is 35.0 Å². The molecule has 2 aromatic heterocycles. The summed E-state index contributed by atoms with van der Waals surface area (Å²) in [4.78, 5) is 25.4. The minimum Gasteiger partial charge on any atom is -0.464 e. The van der Waals surface area contributed by atoms with E-state index in [4.69, 9.17) is 4.74 Å². The van der Waals surface area contributed by atoms with Gasteiger partial charge in [0.2, 0.25) is 0 Å². The maximum Gasteiger partial charge on any atom is 0.356 e. The Bertz CT molecular complexity index is 1090. The summed E-state index contributed by atoms with van der Waals surface area (Å²) in [6.45, 7) is 2.14. The van der Waals surface area contributed by atoms with Crippen LogP contribution in [-0.4, -0.2) is 17.5 Å². The van der Waals surface area contributed by atoms with Crippen molar-refractivity contribution in [1.29, 1.82) is 0 Å². The fraction of sp³-hybridized carbons (Fsp3) is 0.364. The van der Waals surface area contributed by atoms with Crippen LogP contribution in [0.3, 0.4) is 0 Å². The van der Waals surface area contributed by atoms with E-state index in [0.29, 0.717) is 22.4 Å². The van der Waals surface area contributed by atoms with Crippen LogP contribution in [0.4, 0.5) is 8.78 Å². The molecule has 29 heavy (non-hydrogen) atoms. The normalized spacial score (nSPS) is 11.2. The van der Waals surface area contributed by atoms with Gasteiger partial charge in [-0.2, -0.15) is 0 Å². The Morgan fingerprint density at radius 3 is 2.55 bits per heavy atom. The number of halogens is 2. The van der Waals surface area contributed by atoms with Crippen LogP contribution in [0.5, 0.6) is 0 Å². The molecule has 0 amide bonds. The minimum atomic E-state index is -0.953. The number of esters is 1. The quantitative estimate of drug-likeness (QED) is 0.352. The number of aryl methyl sites for hydroxylation is 1. The topological polar surface area (TPSA) is 47.8 Å². The van der Waals surface area contributed by atoms with Crippen LogP contribution >= 0.6 is 11.3 Å². The fourth-order valence-corrected chi connectivity index (χ4v) is 4.55. The highest BCUT2D eigenvalue weighted by Gasteiger charge is 2.20. The molecule has 154 valence electrons. The van der Waals surface area contributed by atoms with Gasteiger partial charge in [-0.1, -0.05) is 38.7 Å². The zero-order valence-corrected chi connectivity index (χ0v) is 17.3. The highest BCUT2D eigenvalue weighted by molar-refractivity contribution is 7.16. The van der Waals surface area contributed by atoms with E-state index in [1.807, 2.05) is 0 Å². The van der Waals surface area contributed by atoms with E-state index in [-0.39, 0.29) is 11.3 Å². The molecule has 1 aromatic carbocycles. The molecule has 0 aliphatic carbocycles. The molecule has 3 aromatic rings. The van der Waals surface area contributed by atoms with E-state index in [2.05, 4.69) is 6.92 Å². The van der Waals surface area contributed by atoms with Crippen LogP contribution in [0, 0.1) is 11.6 Å². The minimum absolute atomic E-state index is 0.121. The van der Waals surface area contributed by atoms with Crippen molar-refractivity contribution in [1.82, 2.24) is 4.40 Å². The predicted molar refractivity (Wildman–Crippen MR) is 111 cm³/mol. The monoisotopic (exact) mass is 419 g/mol.